The van der Waals surface area contributed by atoms with Crippen LogP contribution in [-0.2, 0) is 0 Å². The summed E-state index contributed by atoms with van der Waals surface area (Å²) in [4.78, 5) is 14.2. The molecule has 1 aromatic heterocycles. The van der Waals surface area contributed by atoms with E-state index >= 15 is 0 Å². The van der Waals surface area contributed by atoms with Gasteiger partial charge in [0.05, 0.1) is 6.20 Å². The summed E-state index contributed by atoms with van der Waals surface area (Å²) in [6.07, 6.45) is 0.711. The van der Waals surface area contributed by atoms with Gasteiger partial charge in [0.1, 0.15) is 22.9 Å². The van der Waals surface area contributed by atoms with E-state index < -0.39 is 34.9 Å². The van der Waals surface area contributed by atoms with Crippen molar-refractivity contribution in [1.82, 2.24) is 4.98 Å². The average molecular weight is 269 g/mol. The smallest absolute Gasteiger partial charge is 0.339 e. The van der Waals surface area contributed by atoms with E-state index in [1.165, 1.54) is 0 Å². The van der Waals surface area contributed by atoms with E-state index in [4.69, 9.17) is 9.84 Å². The van der Waals surface area contributed by atoms with E-state index in [9.17, 15) is 18.0 Å². The van der Waals surface area contributed by atoms with E-state index in [1.54, 1.807) is 0 Å². The molecule has 0 fully saturated rings. The Morgan fingerprint density at radius 1 is 1.16 bits per heavy atom. The summed E-state index contributed by atoms with van der Waals surface area (Å²) < 4.78 is 43.8. The molecule has 0 aliphatic carbocycles. The highest BCUT2D eigenvalue weighted by atomic mass is 19.1. The fourth-order valence-electron chi connectivity index (χ4n) is 1.34. The highest BCUT2D eigenvalue weighted by molar-refractivity contribution is 5.90. The van der Waals surface area contributed by atoms with Gasteiger partial charge in [-0.25, -0.2) is 22.9 Å². The maximum Gasteiger partial charge on any atom is 0.339 e. The van der Waals surface area contributed by atoms with Crippen LogP contribution in [0.4, 0.5) is 13.2 Å². The van der Waals surface area contributed by atoms with Crippen LogP contribution in [0.25, 0.3) is 0 Å². The molecule has 7 heteroatoms. The Balaban J connectivity index is 2.40. The highest BCUT2D eigenvalue weighted by Crippen LogP contribution is 2.26. The summed E-state index contributed by atoms with van der Waals surface area (Å²) >= 11 is 0. The van der Waals surface area contributed by atoms with Gasteiger partial charge >= 0.3 is 5.97 Å². The molecule has 2 aromatic rings. The van der Waals surface area contributed by atoms with E-state index in [-0.39, 0.29) is 5.75 Å². The molecule has 0 saturated carbocycles. The van der Waals surface area contributed by atoms with Gasteiger partial charge in [-0.05, 0) is 18.2 Å². The summed E-state index contributed by atoms with van der Waals surface area (Å²) in [6.45, 7) is 0. The Kier molecular flexibility index (Phi) is 3.37. The van der Waals surface area contributed by atoms with Crippen molar-refractivity contribution in [2.45, 2.75) is 0 Å². The summed E-state index contributed by atoms with van der Waals surface area (Å²) in [6, 6.07) is 3.22. The van der Waals surface area contributed by atoms with Gasteiger partial charge in [-0.15, -0.1) is 0 Å². The number of pyridine rings is 1. The number of hydrogen-bond donors (Lipinski definition) is 1. The van der Waals surface area contributed by atoms with Crippen LogP contribution in [0.5, 0.6) is 11.6 Å². The van der Waals surface area contributed by atoms with Crippen LogP contribution in [-0.4, -0.2) is 16.1 Å². The average Bonchev–Trinajstić information content (AvgIpc) is 2.34. The maximum atomic E-state index is 13.3. The van der Waals surface area contributed by atoms with Crippen molar-refractivity contribution in [2.24, 2.45) is 0 Å². The first kappa shape index (κ1) is 12.9. The Labute approximate surface area is 105 Å². The van der Waals surface area contributed by atoms with E-state index in [2.05, 4.69) is 4.98 Å². The van der Waals surface area contributed by atoms with Gasteiger partial charge in [0, 0.05) is 6.07 Å². The van der Waals surface area contributed by atoms with Crippen molar-refractivity contribution in [3.8, 4) is 11.6 Å². The number of nitrogens with zero attached hydrogens (tertiary/aromatic N) is 1. The van der Waals surface area contributed by atoms with Gasteiger partial charge in [0.15, 0.2) is 5.82 Å². The summed E-state index contributed by atoms with van der Waals surface area (Å²) in [7, 11) is 0. The van der Waals surface area contributed by atoms with Crippen LogP contribution in [0.3, 0.4) is 0 Å². The molecule has 0 saturated heterocycles. The first-order valence-corrected chi connectivity index (χ1v) is 4.99. The van der Waals surface area contributed by atoms with Gasteiger partial charge in [0.2, 0.25) is 0 Å². The maximum absolute atomic E-state index is 13.3. The second-order valence-corrected chi connectivity index (χ2v) is 3.49. The molecule has 19 heavy (non-hydrogen) atoms. The van der Waals surface area contributed by atoms with E-state index in [0.29, 0.717) is 12.3 Å². The molecular formula is C12H6F3NO3. The second kappa shape index (κ2) is 4.97. The van der Waals surface area contributed by atoms with E-state index in [1.807, 2.05) is 0 Å². The number of carbonyl (C=O) groups is 1. The normalized spacial score (nSPS) is 10.3. The molecular weight excluding hydrogens is 263 g/mol. The fourth-order valence-corrected chi connectivity index (χ4v) is 1.34. The van der Waals surface area contributed by atoms with E-state index in [0.717, 1.165) is 18.2 Å². The van der Waals surface area contributed by atoms with Gasteiger partial charge in [-0.1, -0.05) is 0 Å². The lowest BCUT2D eigenvalue weighted by atomic mass is 10.2. The minimum absolute atomic E-state index is 0.299. The number of aromatic carboxylic acids is 1. The molecule has 0 radical (unpaired) electrons. The predicted molar refractivity (Wildman–Crippen MR) is 57.6 cm³/mol. The van der Waals surface area contributed by atoms with Gasteiger partial charge in [0.25, 0.3) is 5.88 Å². The molecule has 1 N–H and O–H groups in total. The number of hydrogen-bond acceptors (Lipinski definition) is 3. The fraction of sp³-hybridized carbons (Fsp3) is 0. The van der Waals surface area contributed by atoms with Crippen molar-refractivity contribution in [3.63, 3.8) is 0 Å². The molecule has 2 rings (SSSR count). The second-order valence-electron chi connectivity index (χ2n) is 3.49. The first-order chi connectivity index (χ1) is 8.97. The van der Waals surface area contributed by atoms with Crippen molar-refractivity contribution in [3.05, 3.63) is 53.5 Å². The molecule has 0 aliphatic heterocycles. The molecule has 98 valence electrons. The zero-order chi connectivity index (χ0) is 14.0. The third-order valence-electron chi connectivity index (χ3n) is 2.15. The number of aromatic nitrogens is 1. The molecule has 0 bridgehead atoms. The Morgan fingerprint density at radius 2 is 1.89 bits per heavy atom. The molecule has 0 aliphatic rings. The Bertz CT molecular complexity index is 646. The van der Waals surface area contributed by atoms with Crippen molar-refractivity contribution < 1.29 is 27.8 Å². The number of rotatable bonds is 3. The third-order valence-corrected chi connectivity index (χ3v) is 2.15. The molecule has 0 unspecified atom stereocenters. The van der Waals surface area contributed by atoms with Crippen molar-refractivity contribution in [1.29, 1.82) is 0 Å². The lowest BCUT2D eigenvalue weighted by Gasteiger charge is -2.08. The molecule has 1 heterocycles. The highest BCUT2D eigenvalue weighted by Gasteiger charge is 2.16. The number of carboxylic acids is 1. The molecule has 0 amide bonds. The van der Waals surface area contributed by atoms with Crippen LogP contribution >= 0.6 is 0 Å². The number of carboxylic acid groups (broad SMARTS) is 1. The van der Waals surface area contributed by atoms with Crippen LogP contribution in [0.1, 0.15) is 10.4 Å². The van der Waals surface area contributed by atoms with Crippen LogP contribution in [0.2, 0.25) is 0 Å². The topological polar surface area (TPSA) is 59.4 Å². The third kappa shape index (κ3) is 2.82. The van der Waals surface area contributed by atoms with Crippen molar-refractivity contribution in [2.75, 3.05) is 0 Å². The van der Waals surface area contributed by atoms with Gasteiger partial charge < -0.3 is 9.84 Å². The zero-order valence-corrected chi connectivity index (χ0v) is 9.23. The predicted octanol–water partition coefficient (Wildman–Crippen LogP) is 2.99. The summed E-state index contributed by atoms with van der Waals surface area (Å²) in [5, 5.41) is 8.86. The van der Waals surface area contributed by atoms with Crippen LogP contribution in [0.15, 0.2) is 30.5 Å². The lowest BCUT2D eigenvalue weighted by molar-refractivity contribution is 0.0693. The standard InChI is InChI=1S/C12H6F3NO3/c13-6-1-2-10(8(3-6)12(17)18)19-11-9(15)4-7(14)5-16-11/h1-5H,(H,17,18). The molecule has 1 aromatic carbocycles. The van der Waals surface area contributed by atoms with Crippen LogP contribution in [0, 0.1) is 17.5 Å². The lowest BCUT2D eigenvalue weighted by Crippen LogP contribution is -2.02. The largest absolute Gasteiger partial charge is 0.478 e. The van der Waals surface area contributed by atoms with Crippen molar-refractivity contribution >= 4 is 5.97 Å². The first-order valence-electron chi connectivity index (χ1n) is 4.99. The SMILES string of the molecule is O=C(O)c1cc(F)ccc1Oc1ncc(F)cc1F. The minimum atomic E-state index is -1.45. The number of halogens is 3. The van der Waals surface area contributed by atoms with Gasteiger partial charge in [-0.3, -0.25) is 0 Å². The number of ether oxygens (including phenoxy) is 1. The Hall–Kier alpha value is -2.57. The monoisotopic (exact) mass is 269 g/mol. The quantitative estimate of drug-likeness (QED) is 0.930. The molecule has 0 atom stereocenters. The van der Waals surface area contributed by atoms with Gasteiger partial charge in [-0.2, -0.15) is 0 Å². The molecule has 4 nitrogen and oxygen atoms in total. The minimum Gasteiger partial charge on any atom is -0.478 e. The van der Waals surface area contributed by atoms with Crippen LogP contribution < -0.4 is 4.74 Å². The number of benzene rings is 1. The summed E-state index contributed by atoms with van der Waals surface area (Å²) in [5.74, 6) is -5.13. The zero-order valence-electron chi connectivity index (χ0n) is 9.23. The molecule has 0 spiro atoms. The Morgan fingerprint density at radius 3 is 2.53 bits per heavy atom. The summed E-state index contributed by atoms with van der Waals surface area (Å²) in [5.41, 5.74) is -0.495.